The Kier molecular flexibility index (Phi) is 6.93. The Morgan fingerprint density at radius 1 is 1.07 bits per heavy atom. The molecule has 2 fully saturated rings. The van der Waals surface area contributed by atoms with Gasteiger partial charge in [0.2, 0.25) is 5.91 Å². The molecule has 2 saturated heterocycles. The average molecular weight is 377 g/mol. The number of aliphatic hydroxyl groups excluding tert-OH is 1. The first-order valence-electron chi connectivity index (χ1n) is 10.6. The van der Waals surface area contributed by atoms with Crippen molar-refractivity contribution in [2.24, 2.45) is 11.8 Å². The molecule has 3 heterocycles. The van der Waals surface area contributed by atoms with Gasteiger partial charge in [-0.1, -0.05) is 12.8 Å². The lowest BCUT2D eigenvalue weighted by atomic mass is 9.96. The molecule has 0 bridgehead atoms. The second kappa shape index (κ2) is 9.20. The summed E-state index contributed by atoms with van der Waals surface area (Å²) in [5.74, 6) is 0.804. The van der Waals surface area contributed by atoms with E-state index in [-0.39, 0.29) is 18.4 Å². The van der Waals surface area contributed by atoms with Crippen LogP contribution in [0.3, 0.4) is 0 Å². The number of aliphatic hydroxyl groups is 1. The first-order chi connectivity index (χ1) is 13.0. The van der Waals surface area contributed by atoms with Crippen molar-refractivity contribution in [2.45, 2.75) is 59.4 Å². The highest BCUT2D eigenvalue weighted by Crippen LogP contribution is 2.26. The molecule has 0 unspecified atom stereocenters. The van der Waals surface area contributed by atoms with Crippen LogP contribution in [0.2, 0.25) is 0 Å². The number of carbonyl (C=O) groups is 1. The van der Waals surface area contributed by atoms with Crippen LogP contribution in [0.25, 0.3) is 0 Å². The van der Waals surface area contributed by atoms with Crippen LogP contribution in [-0.2, 0) is 11.3 Å². The summed E-state index contributed by atoms with van der Waals surface area (Å²) in [6, 6.07) is 0. The van der Waals surface area contributed by atoms with Crippen LogP contribution in [0.5, 0.6) is 0 Å². The minimum absolute atomic E-state index is 0.180. The molecule has 2 atom stereocenters. The lowest BCUT2D eigenvalue weighted by Crippen LogP contribution is -2.35. The zero-order valence-corrected chi connectivity index (χ0v) is 17.3. The third-order valence-electron chi connectivity index (χ3n) is 6.64. The maximum atomic E-state index is 12.8. The van der Waals surface area contributed by atoms with Gasteiger partial charge in [-0.3, -0.25) is 9.48 Å². The van der Waals surface area contributed by atoms with Crippen LogP contribution in [0.15, 0.2) is 0 Å². The second-order valence-corrected chi connectivity index (χ2v) is 8.49. The number of amides is 1. The van der Waals surface area contributed by atoms with E-state index >= 15 is 0 Å². The van der Waals surface area contributed by atoms with E-state index in [0.717, 1.165) is 24.5 Å². The van der Waals surface area contributed by atoms with Gasteiger partial charge in [-0.15, -0.1) is 0 Å². The molecule has 0 aromatic carbocycles. The molecule has 2 aliphatic heterocycles. The standard InChI is InChI=1S/C21H36N4O2/c1-16-17(2)22-25(18(16)3)11-8-21(27)24-13-19(20(14-24)15-26)12-23-9-6-4-5-7-10-23/h19-20,26H,4-15H2,1-3H3/t19-,20-/m1/s1. The first kappa shape index (κ1) is 20.3. The van der Waals surface area contributed by atoms with Gasteiger partial charge in [0, 0.05) is 50.8 Å². The molecule has 2 aliphatic rings. The number of hydrogen-bond donors (Lipinski definition) is 1. The minimum atomic E-state index is 0.180. The Labute approximate surface area is 163 Å². The van der Waals surface area contributed by atoms with E-state index in [2.05, 4.69) is 23.8 Å². The molecule has 27 heavy (non-hydrogen) atoms. The van der Waals surface area contributed by atoms with Gasteiger partial charge in [0.05, 0.1) is 5.69 Å². The molecule has 0 aliphatic carbocycles. The molecule has 0 spiro atoms. The van der Waals surface area contributed by atoms with E-state index in [1.165, 1.54) is 44.3 Å². The van der Waals surface area contributed by atoms with E-state index < -0.39 is 0 Å². The minimum Gasteiger partial charge on any atom is -0.396 e. The Morgan fingerprint density at radius 3 is 2.33 bits per heavy atom. The van der Waals surface area contributed by atoms with Crippen molar-refractivity contribution in [1.29, 1.82) is 0 Å². The zero-order valence-electron chi connectivity index (χ0n) is 17.3. The summed E-state index contributed by atoms with van der Waals surface area (Å²) >= 11 is 0. The maximum absolute atomic E-state index is 12.8. The highest BCUT2D eigenvalue weighted by molar-refractivity contribution is 5.76. The lowest BCUT2D eigenvalue weighted by molar-refractivity contribution is -0.130. The fourth-order valence-corrected chi connectivity index (χ4v) is 4.57. The van der Waals surface area contributed by atoms with Crippen LogP contribution in [0, 0.1) is 32.6 Å². The highest BCUT2D eigenvalue weighted by atomic mass is 16.3. The second-order valence-electron chi connectivity index (χ2n) is 8.49. The molecule has 6 nitrogen and oxygen atoms in total. The average Bonchev–Trinajstić information content (AvgIpc) is 3.04. The van der Waals surface area contributed by atoms with Gasteiger partial charge in [-0.05, 0) is 58.2 Å². The Bertz CT molecular complexity index is 634. The number of hydrogen-bond acceptors (Lipinski definition) is 4. The van der Waals surface area contributed by atoms with Crippen LogP contribution in [0.1, 0.15) is 49.1 Å². The number of rotatable bonds is 6. The van der Waals surface area contributed by atoms with E-state index in [1.807, 2.05) is 16.5 Å². The highest BCUT2D eigenvalue weighted by Gasteiger charge is 2.35. The summed E-state index contributed by atoms with van der Waals surface area (Å²) < 4.78 is 1.96. The molecule has 3 rings (SSSR count). The van der Waals surface area contributed by atoms with E-state index in [9.17, 15) is 9.90 Å². The molecule has 1 N–H and O–H groups in total. The quantitative estimate of drug-likeness (QED) is 0.826. The van der Waals surface area contributed by atoms with Crippen molar-refractivity contribution in [3.8, 4) is 0 Å². The van der Waals surface area contributed by atoms with Crippen LogP contribution in [-0.4, -0.2) is 69.9 Å². The number of aromatic nitrogens is 2. The predicted octanol–water partition coefficient (Wildman–Crippen LogP) is 2.14. The third-order valence-corrected chi connectivity index (χ3v) is 6.64. The van der Waals surface area contributed by atoms with E-state index in [4.69, 9.17) is 0 Å². The first-order valence-corrected chi connectivity index (χ1v) is 10.6. The summed E-state index contributed by atoms with van der Waals surface area (Å²) in [6.07, 6.45) is 5.71. The molecule has 0 radical (unpaired) electrons. The molecule has 152 valence electrons. The summed E-state index contributed by atoms with van der Waals surface area (Å²) in [5, 5.41) is 14.4. The SMILES string of the molecule is Cc1nn(CCC(=O)N2C[C@@H](CN3CCCCCC3)[C@@H](CO)C2)c(C)c1C. The van der Waals surface area contributed by atoms with Crippen molar-refractivity contribution in [3.05, 3.63) is 17.0 Å². The third kappa shape index (κ3) is 4.91. The normalized spacial score (nSPS) is 24.4. The van der Waals surface area contributed by atoms with Crippen molar-refractivity contribution >= 4 is 5.91 Å². The fourth-order valence-electron chi connectivity index (χ4n) is 4.57. The topological polar surface area (TPSA) is 61.6 Å². The Hall–Kier alpha value is -1.40. The van der Waals surface area contributed by atoms with Crippen LogP contribution < -0.4 is 0 Å². The molecule has 0 saturated carbocycles. The Balaban J connectivity index is 1.53. The smallest absolute Gasteiger partial charge is 0.224 e. The van der Waals surface area contributed by atoms with Gasteiger partial charge in [-0.2, -0.15) is 5.10 Å². The molecule has 1 aromatic rings. The summed E-state index contributed by atoms with van der Waals surface area (Å²) in [6.45, 7) is 11.8. The number of nitrogens with zero attached hydrogens (tertiary/aromatic N) is 4. The molecular weight excluding hydrogens is 340 g/mol. The monoisotopic (exact) mass is 376 g/mol. The summed E-state index contributed by atoms with van der Waals surface area (Å²) in [7, 11) is 0. The molecule has 6 heteroatoms. The van der Waals surface area contributed by atoms with E-state index in [1.54, 1.807) is 0 Å². The van der Waals surface area contributed by atoms with Gasteiger partial charge >= 0.3 is 0 Å². The van der Waals surface area contributed by atoms with Crippen molar-refractivity contribution < 1.29 is 9.90 Å². The maximum Gasteiger partial charge on any atom is 0.224 e. The van der Waals surface area contributed by atoms with Gasteiger partial charge < -0.3 is 14.9 Å². The van der Waals surface area contributed by atoms with Gasteiger partial charge in [0.25, 0.3) is 0 Å². The van der Waals surface area contributed by atoms with E-state index in [0.29, 0.717) is 25.4 Å². The summed E-state index contributed by atoms with van der Waals surface area (Å²) in [4.78, 5) is 17.3. The number of likely N-dealkylation sites (tertiary alicyclic amines) is 2. The van der Waals surface area contributed by atoms with Gasteiger partial charge in [0.1, 0.15) is 0 Å². The van der Waals surface area contributed by atoms with Crippen LogP contribution >= 0.6 is 0 Å². The number of aryl methyl sites for hydroxylation is 2. The molecular formula is C21H36N4O2. The molecule has 1 amide bonds. The molecule has 1 aromatic heterocycles. The van der Waals surface area contributed by atoms with Crippen molar-refractivity contribution in [1.82, 2.24) is 19.6 Å². The predicted molar refractivity (Wildman–Crippen MR) is 107 cm³/mol. The van der Waals surface area contributed by atoms with Crippen LogP contribution in [0.4, 0.5) is 0 Å². The van der Waals surface area contributed by atoms with Crippen molar-refractivity contribution in [3.63, 3.8) is 0 Å². The largest absolute Gasteiger partial charge is 0.396 e. The van der Waals surface area contributed by atoms with Crippen molar-refractivity contribution in [2.75, 3.05) is 39.3 Å². The number of carbonyl (C=O) groups excluding carboxylic acids is 1. The fraction of sp³-hybridized carbons (Fsp3) is 0.810. The lowest BCUT2D eigenvalue weighted by Gasteiger charge is -2.26. The summed E-state index contributed by atoms with van der Waals surface area (Å²) in [5.41, 5.74) is 3.40. The van der Waals surface area contributed by atoms with Gasteiger partial charge in [0.15, 0.2) is 0 Å². The van der Waals surface area contributed by atoms with Gasteiger partial charge in [-0.25, -0.2) is 0 Å². The zero-order chi connectivity index (χ0) is 19.4. The Morgan fingerprint density at radius 2 is 1.74 bits per heavy atom.